The van der Waals surface area contributed by atoms with Crippen molar-refractivity contribution in [2.45, 2.75) is 91.8 Å². The van der Waals surface area contributed by atoms with Crippen LogP contribution < -0.4 is 0 Å². The van der Waals surface area contributed by atoms with Gasteiger partial charge in [-0.1, -0.05) is 41.5 Å². The van der Waals surface area contributed by atoms with Gasteiger partial charge in [-0.15, -0.1) is 4.65 Å². The second kappa shape index (κ2) is 6.51. The summed E-state index contributed by atoms with van der Waals surface area (Å²) in [7, 11) is 0. The molecular weight excluding hydrogens is 306 g/mol. The number of quaternary nitrogens is 1. The lowest BCUT2D eigenvalue weighted by Crippen LogP contribution is -2.56. The first-order valence-electron chi connectivity index (χ1n) is 9.40. The van der Waals surface area contributed by atoms with E-state index in [-0.39, 0.29) is 21.4 Å². The molecule has 0 spiro atoms. The van der Waals surface area contributed by atoms with Crippen LogP contribution in [0.1, 0.15) is 73.6 Å². The van der Waals surface area contributed by atoms with E-state index < -0.39 is 18.1 Å². The number of nitrogens with zero attached hydrogens (tertiary/aromatic N) is 1. The van der Waals surface area contributed by atoms with Crippen LogP contribution in [0.5, 0.6) is 0 Å². The van der Waals surface area contributed by atoms with Crippen molar-refractivity contribution in [3.63, 3.8) is 0 Å². The van der Waals surface area contributed by atoms with Crippen LogP contribution in [0.3, 0.4) is 0 Å². The summed E-state index contributed by atoms with van der Waals surface area (Å²) in [5, 5.41) is 32.2. The van der Waals surface area contributed by atoms with Gasteiger partial charge in [-0.25, -0.2) is 0 Å². The van der Waals surface area contributed by atoms with E-state index in [1.165, 1.54) is 0 Å². The maximum atomic E-state index is 10.9. The van der Waals surface area contributed by atoms with Crippen molar-refractivity contribution in [2.75, 3.05) is 13.1 Å². The number of hydrogen-bond acceptors (Lipinski definition) is 4. The Kier molecular flexibility index (Phi) is 5.46. The summed E-state index contributed by atoms with van der Waals surface area (Å²) in [5.74, 6) is -0.0471. The molecule has 0 aromatic carbocycles. The highest BCUT2D eigenvalue weighted by Crippen LogP contribution is 2.44. The first-order valence-corrected chi connectivity index (χ1v) is 9.40. The zero-order valence-corrected chi connectivity index (χ0v) is 16.4. The van der Waals surface area contributed by atoms with Crippen LogP contribution in [-0.4, -0.2) is 51.2 Å². The van der Waals surface area contributed by atoms with Gasteiger partial charge in [-0.3, -0.25) is 0 Å². The fourth-order valence-corrected chi connectivity index (χ4v) is 4.36. The second-order valence-corrected chi connectivity index (χ2v) is 10.4. The average molecular weight is 345 g/mol. The number of hydroxylamine groups is 3. The quantitative estimate of drug-likeness (QED) is 0.542. The molecule has 5 heteroatoms. The molecule has 2 fully saturated rings. The molecule has 2 heterocycles. The summed E-state index contributed by atoms with van der Waals surface area (Å²) in [5.41, 5.74) is -0.903. The topological polar surface area (TPSA) is 69.9 Å². The van der Waals surface area contributed by atoms with Gasteiger partial charge in [-0.2, -0.15) is 4.84 Å². The highest BCUT2D eigenvalue weighted by atomic mass is 16.8. The van der Waals surface area contributed by atoms with Gasteiger partial charge in [0.1, 0.15) is 18.7 Å². The molecule has 0 radical (unpaired) electrons. The molecular formula is C19H38NO4+. The number of fused-ring (bicyclic) bond motifs is 2. The van der Waals surface area contributed by atoms with Gasteiger partial charge in [0.2, 0.25) is 12.5 Å². The van der Waals surface area contributed by atoms with Gasteiger partial charge in [-0.05, 0) is 36.5 Å². The predicted molar refractivity (Wildman–Crippen MR) is 93.5 cm³/mol. The molecule has 0 saturated carbocycles. The lowest BCUT2D eigenvalue weighted by molar-refractivity contribution is -1.14. The largest absolute Gasteiger partial charge is 0.384 e. The van der Waals surface area contributed by atoms with Crippen LogP contribution in [-0.2, 0) is 4.84 Å². The Morgan fingerprint density at radius 1 is 1.17 bits per heavy atom. The molecule has 0 aromatic heterocycles. The zero-order chi connectivity index (χ0) is 18.4. The first kappa shape index (κ1) is 20.1. The van der Waals surface area contributed by atoms with E-state index in [0.29, 0.717) is 25.9 Å². The van der Waals surface area contributed by atoms with Crippen molar-refractivity contribution in [3.8, 4) is 0 Å². The van der Waals surface area contributed by atoms with Crippen molar-refractivity contribution in [1.82, 2.24) is 0 Å². The molecule has 2 aliphatic rings. The van der Waals surface area contributed by atoms with Crippen molar-refractivity contribution in [1.29, 1.82) is 0 Å². The van der Waals surface area contributed by atoms with E-state index in [4.69, 9.17) is 4.84 Å². The van der Waals surface area contributed by atoms with Crippen LogP contribution >= 0.6 is 0 Å². The van der Waals surface area contributed by atoms with Crippen LogP contribution in [0.25, 0.3) is 0 Å². The summed E-state index contributed by atoms with van der Waals surface area (Å²) < 4.78 is -0.0195. The molecule has 2 saturated heterocycles. The Bertz CT molecular complexity index is 442. The highest BCUT2D eigenvalue weighted by Gasteiger charge is 2.58. The molecule has 5 atom stereocenters. The number of rotatable bonds is 4. The van der Waals surface area contributed by atoms with Crippen LogP contribution in [0.15, 0.2) is 0 Å². The number of aliphatic hydroxyl groups excluding tert-OH is 2. The molecule has 24 heavy (non-hydrogen) atoms. The second-order valence-electron chi connectivity index (χ2n) is 10.4. The van der Waals surface area contributed by atoms with Crippen LogP contribution in [0.4, 0.5) is 0 Å². The predicted octanol–water partition coefficient (Wildman–Crippen LogP) is 2.79. The number of hydrogen-bond donors (Lipinski definition) is 3. The van der Waals surface area contributed by atoms with Gasteiger partial charge < -0.3 is 15.3 Å². The Morgan fingerprint density at radius 2 is 1.79 bits per heavy atom. The SMILES string of the molecule is CC(C)(C)CC(C(O)O[N+]12CCCCC(O)(CC1O)C2)C(C)(C)C. The Balaban J connectivity index is 2.20. The smallest absolute Gasteiger partial charge is 0.223 e. The number of aliphatic hydroxyl groups is 3. The molecule has 5 nitrogen and oxygen atoms in total. The van der Waals surface area contributed by atoms with Crippen molar-refractivity contribution < 1.29 is 24.8 Å². The van der Waals surface area contributed by atoms with E-state index in [2.05, 4.69) is 41.5 Å². The third kappa shape index (κ3) is 4.50. The van der Waals surface area contributed by atoms with Gasteiger partial charge in [0.05, 0.1) is 6.42 Å². The van der Waals surface area contributed by atoms with Gasteiger partial charge >= 0.3 is 0 Å². The highest BCUT2D eigenvalue weighted by molar-refractivity contribution is 4.87. The lowest BCUT2D eigenvalue weighted by Gasteiger charge is -2.42. The minimum atomic E-state index is -0.959. The molecule has 0 amide bonds. The standard InChI is InChI=1S/C19H38NO4/c1-17(2,3)11-14(18(4,5)6)16(22)24-20-10-8-7-9-19(23,13-20)12-15(20)21/h14-16,21-23H,7-13H2,1-6H3/q+1. The lowest BCUT2D eigenvalue weighted by atomic mass is 9.72. The van der Waals surface area contributed by atoms with E-state index >= 15 is 0 Å². The van der Waals surface area contributed by atoms with E-state index in [1.54, 1.807) is 0 Å². The zero-order valence-electron chi connectivity index (χ0n) is 16.4. The maximum Gasteiger partial charge on any atom is 0.223 e. The first-order chi connectivity index (χ1) is 10.8. The monoisotopic (exact) mass is 344 g/mol. The van der Waals surface area contributed by atoms with E-state index in [9.17, 15) is 15.3 Å². The summed E-state index contributed by atoms with van der Waals surface area (Å²) in [6, 6.07) is 0. The van der Waals surface area contributed by atoms with Gasteiger partial charge in [0.25, 0.3) is 0 Å². The van der Waals surface area contributed by atoms with Crippen molar-refractivity contribution in [3.05, 3.63) is 0 Å². The van der Waals surface area contributed by atoms with Crippen molar-refractivity contribution in [2.24, 2.45) is 16.7 Å². The summed E-state index contributed by atoms with van der Waals surface area (Å²) in [4.78, 5) is 6.14. The van der Waals surface area contributed by atoms with E-state index in [0.717, 1.165) is 19.3 Å². The average Bonchev–Trinajstić information content (AvgIpc) is 2.52. The van der Waals surface area contributed by atoms with Gasteiger partial charge in [0, 0.05) is 5.92 Å². The summed E-state index contributed by atoms with van der Waals surface area (Å²) >= 11 is 0. The third-order valence-electron chi connectivity index (χ3n) is 5.70. The maximum absolute atomic E-state index is 10.9. The summed E-state index contributed by atoms with van der Waals surface area (Å²) in [6.07, 6.45) is 1.98. The fraction of sp³-hybridized carbons (Fsp3) is 1.00. The minimum Gasteiger partial charge on any atom is -0.384 e. The molecule has 142 valence electrons. The molecule has 5 unspecified atom stereocenters. The molecule has 2 aliphatic heterocycles. The van der Waals surface area contributed by atoms with Crippen LogP contribution in [0.2, 0.25) is 0 Å². The summed E-state index contributed by atoms with van der Waals surface area (Å²) in [6.45, 7) is 13.9. The molecule has 3 N–H and O–H groups in total. The fourth-order valence-electron chi connectivity index (χ4n) is 4.36. The minimum absolute atomic E-state index is 0.0195. The van der Waals surface area contributed by atoms with Crippen molar-refractivity contribution >= 4 is 0 Å². The normalized spacial score (nSPS) is 37.1. The van der Waals surface area contributed by atoms with E-state index in [1.807, 2.05) is 0 Å². The molecule has 0 aliphatic carbocycles. The molecule has 2 bridgehead atoms. The van der Waals surface area contributed by atoms with Gasteiger partial charge in [0.15, 0.2) is 0 Å². The third-order valence-corrected chi connectivity index (χ3v) is 5.70. The Labute approximate surface area is 147 Å². The Morgan fingerprint density at radius 3 is 2.33 bits per heavy atom. The molecule has 0 aromatic rings. The molecule has 2 rings (SSSR count). The van der Waals surface area contributed by atoms with Crippen LogP contribution in [0, 0.1) is 16.7 Å². The Hall–Kier alpha value is -0.200.